The quantitative estimate of drug-likeness (QED) is 0.922. The number of benzene rings is 1. The molecule has 0 aliphatic carbocycles. The fourth-order valence-corrected chi connectivity index (χ4v) is 4.23. The number of nitrogens with zero attached hydrogens (tertiary/aromatic N) is 2. The highest BCUT2D eigenvalue weighted by Crippen LogP contribution is 2.35. The van der Waals surface area contributed by atoms with Gasteiger partial charge >= 0.3 is 6.03 Å². The summed E-state index contributed by atoms with van der Waals surface area (Å²) >= 11 is 1.91. The summed E-state index contributed by atoms with van der Waals surface area (Å²) in [5.41, 5.74) is 4.57. The first-order valence-corrected chi connectivity index (χ1v) is 9.21. The van der Waals surface area contributed by atoms with Crippen LogP contribution in [0.25, 0.3) is 0 Å². The van der Waals surface area contributed by atoms with Gasteiger partial charge in [0.25, 0.3) is 0 Å². The fraction of sp³-hybridized carbons (Fsp3) is 0.444. The number of urea groups is 1. The molecule has 0 spiro atoms. The Morgan fingerprint density at radius 3 is 2.96 bits per heavy atom. The molecule has 3 rings (SSSR count). The molecule has 0 fully saturated rings. The van der Waals surface area contributed by atoms with E-state index in [0.717, 1.165) is 29.2 Å². The van der Waals surface area contributed by atoms with Crippen molar-refractivity contribution in [1.29, 1.82) is 0 Å². The molecule has 6 heteroatoms. The molecule has 2 aromatic rings. The molecular formula is C18H23N3O2S. The number of rotatable bonds is 4. The second kappa shape index (κ2) is 7.30. The Kier molecular flexibility index (Phi) is 5.14. The van der Waals surface area contributed by atoms with Crippen LogP contribution in [-0.4, -0.2) is 35.4 Å². The molecule has 24 heavy (non-hydrogen) atoms. The fourth-order valence-electron chi connectivity index (χ4n) is 3.00. The molecule has 128 valence electrons. The largest absolute Gasteiger partial charge is 0.361 e. The number of carbonyl (C=O) groups is 1. The molecule has 0 saturated heterocycles. The Morgan fingerprint density at radius 2 is 2.21 bits per heavy atom. The molecule has 1 aliphatic heterocycles. The number of fused-ring (bicyclic) bond motifs is 1. The van der Waals surface area contributed by atoms with Gasteiger partial charge in [-0.3, -0.25) is 0 Å². The number of hydrogen-bond acceptors (Lipinski definition) is 4. The first-order valence-electron chi connectivity index (χ1n) is 8.16. The number of carbonyl (C=O) groups excluding carboxylic acids is 1. The summed E-state index contributed by atoms with van der Waals surface area (Å²) in [6.07, 6.45) is 1.11. The highest BCUT2D eigenvalue weighted by Gasteiger charge is 2.22. The van der Waals surface area contributed by atoms with Crippen LogP contribution in [0.1, 0.15) is 33.4 Å². The van der Waals surface area contributed by atoms with Crippen LogP contribution >= 0.6 is 11.8 Å². The number of aryl methyl sites for hydroxylation is 3. The Morgan fingerprint density at radius 1 is 1.42 bits per heavy atom. The number of aromatic nitrogens is 1. The molecule has 1 aromatic carbocycles. The minimum absolute atomic E-state index is 0.0707. The van der Waals surface area contributed by atoms with Crippen LogP contribution < -0.4 is 5.32 Å². The lowest BCUT2D eigenvalue weighted by molar-refractivity contribution is 0.206. The van der Waals surface area contributed by atoms with Gasteiger partial charge in [-0.15, -0.1) is 0 Å². The summed E-state index contributed by atoms with van der Waals surface area (Å²) in [6.45, 7) is 4.91. The van der Waals surface area contributed by atoms with E-state index >= 15 is 0 Å². The summed E-state index contributed by atoms with van der Waals surface area (Å²) in [7, 11) is 1.79. The van der Waals surface area contributed by atoms with Gasteiger partial charge in [0.15, 0.2) is 0 Å². The Bertz CT molecular complexity index is 709. The zero-order valence-corrected chi connectivity index (χ0v) is 15.2. The minimum atomic E-state index is -0.0707. The molecule has 2 amide bonds. The van der Waals surface area contributed by atoms with Crippen LogP contribution in [0, 0.1) is 13.8 Å². The zero-order valence-electron chi connectivity index (χ0n) is 14.3. The van der Waals surface area contributed by atoms with E-state index in [9.17, 15) is 4.79 Å². The monoisotopic (exact) mass is 345 g/mol. The molecule has 0 radical (unpaired) electrons. The summed E-state index contributed by atoms with van der Waals surface area (Å²) in [4.78, 5) is 14.1. The van der Waals surface area contributed by atoms with E-state index in [1.165, 1.54) is 11.1 Å². The maximum Gasteiger partial charge on any atom is 0.317 e. The molecule has 1 aromatic heterocycles. The van der Waals surface area contributed by atoms with Crippen molar-refractivity contribution in [3.05, 3.63) is 52.4 Å². The smallest absolute Gasteiger partial charge is 0.317 e. The second-order valence-electron chi connectivity index (χ2n) is 6.15. The van der Waals surface area contributed by atoms with E-state index in [1.807, 2.05) is 25.6 Å². The van der Waals surface area contributed by atoms with Crippen LogP contribution in [0.5, 0.6) is 0 Å². The second-order valence-corrected chi connectivity index (χ2v) is 7.46. The average molecular weight is 345 g/mol. The average Bonchev–Trinajstić information content (AvgIpc) is 2.91. The van der Waals surface area contributed by atoms with E-state index in [-0.39, 0.29) is 6.03 Å². The van der Waals surface area contributed by atoms with E-state index in [0.29, 0.717) is 18.3 Å². The molecule has 0 unspecified atom stereocenters. The highest BCUT2D eigenvalue weighted by molar-refractivity contribution is 7.99. The predicted octanol–water partition coefficient (Wildman–Crippen LogP) is 3.46. The molecule has 0 saturated carbocycles. The van der Waals surface area contributed by atoms with Gasteiger partial charge < -0.3 is 14.7 Å². The molecular weight excluding hydrogens is 322 g/mol. The Hall–Kier alpha value is -1.95. The standard InChI is InChI=1S/C18H23N3O2S/c1-12-16(13(2)23-20-12)11-21(3)18(22)19-10-17-15-7-5-4-6-14(15)8-9-24-17/h4-7,17H,8-11H2,1-3H3,(H,19,22)/t17-/m0/s1. The van der Waals surface area contributed by atoms with Crippen molar-refractivity contribution in [3.63, 3.8) is 0 Å². The SMILES string of the molecule is Cc1noc(C)c1CN(C)C(=O)NC[C@@H]1SCCc2ccccc21. The van der Waals surface area contributed by atoms with Gasteiger partial charge in [-0.05, 0) is 37.1 Å². The van der Waals surface area contributed by atoms with Crippen LogP contribution in [0.15, 0.2) is 28.8 Å². The van der Waals surface area contributed by atoms with Crippen molar-refractivity contribution in [2.75, 3.05) is 19.3 Å². The zero-order chi connectivity index (χ0) is 17.1. The third-order valence-corrected chi connectivity index (χ3v) is 5.72. The van der Waals surface area contributed by atoms with Crippen LogP contribution in [-0.2, 0) is 13.0 Å². The third-order valence-electron chi connectivity index (χ3n) is 4.45. The molecule has 5 nitrogen and oxygen atoms in total. The Labute approximate surface area is 146 Å². The van der Waals surface area contributed by atoms with Crippen molar-refractivity contribution in [2.24, 2.45) is 0 Å². The lowest BCUT2D eigenvalue weighted by Gasteiger charge is -2.26. The minimum Gasteiger partial charge on any atom is -0.361 e. The molecule has 1 N–H and O–H groups in total. The number of nitrogens with one attached hydrogen (secondary N) is 1. The van der Waals surface area contributed by atoms with Crippen molar-refractivity contribution < 1.29 is 9.32 Å². The van der Waals surface area contributed by atoms with Gasteiger partial charge in [0.1, 0.15) is 5.76 Å². The first kappa shape index (κ1) is 16.9. The van der Waals surface area contributed by atoms with E-state index in [4.69, 9.17) is 4.52 Å². The first-order chi connectivity index (χ1) is 11.6. The van der Waals surface area contributed by atoms with Crippen LogP contribution in [0.2, 0.25) is 0 Å². The van der Waals surface area contributed by atoms with Gasteiger partial charge in [-0.25, -0.2) is 4.79 Å². The normalized spacial score (nSPS) is 16.5. The molecule has 1 aliphatic rings. The van der Waals surface area contributed by atoms with E-state index < -0.39 is 0 Å². The van der Waals surface area contributed by atoms with Gasteiger partial charge in [0, 0.05) is 24.4 Å². The summed E-state index contributed by atoms with van der Waals surface area (Å²) < 4.78 is 5.16. The van der Waals surface area contributed by atoms with Crippen molar-refractivity contribution in [2.45, 2.75) is 32.1 Å². The van der Waals surface area contributed by atoms with Crippen molar-refractivity contribution in [1.82, 2.24) is 15.4 Å². The summed E-state index contributed by atoms with van der Waals surface area (Å²) in [6, 6.07) is 8.45. The van der Waals surface area contributed by atoms with Gasteiger partial charge in [0.05, 0.1) is 12.2 Å². The molecule has 0 bridgehead atoms. The Balaban J connectivity index is 1.58. The maximum atomic E-state index is 12.4. The van der Waals surface area contributed by atoms with E-state index in [1.54, 1.807) is 11.9 Å². The lowest BCUT2D eigenvalue weighted by Crippen LogP contribution is -2.39. The predicted molar refractivity (Wildman–Crippen MR) is 96.2 cm³/mol. The maximum absolute atomic E-state index is 12.4. The lowest BCUT2D eigenvalue weighted by atomic mass is 10.0. The number of hydrogen-bond donors (Lipinski definition) is 1. The molecule has 1 atom stereocenters. The van der Waals surface area contributed by atoms with Gasteiger partial charge in [0.2, 0.25) is 0 Å². The van der Waals surface area contributed by atoms with Gasteiger partial charge in [-0.2, -0.15) is 11.8 Å². The molecule has 2 heterocycles. The highest BCUT2D eigenvalue weighted by atomic mass is 32.2. The van der Waals surface area contributed by atoms with Crippen molar-refractivity contribution in [3.8, 4) is 0 Å². The van der Waals surface area contributed by atoms with Crippen LogP contribution in [0.3, 0.4) is 0 Å². The van der Waals surface area contributed by atoms with E-state index in [2.05, 4.69) is 34.7 Å². The third kappa shape index (κ3) is 3.59. The van der Waals surface area contributed by atoms with Crippen LogP contribution in [0.4, 0.5) is 4.79 Å². The van der Waals surface area contributed by atoms with Gasteiger partial charge in [-0.1, -0.05) is 29.4 Å². The summed E-state index contributed by atoms with van der Waals surface area (Å²) in [5.74, 6) is 1.87. The summed E-state index contributed by atoms with van der Waals surface area (Å²) in [5, 5.41) is 7.32. The topological polar surface area (TPSA) is 58.4 Å². The number of thioether (sulfide) groups is 1. The number of amides is 2. The van der Waals surface area contributed by atoms with Crippen molar-refractivity contribution >= 4 is 17.8 Å².